The van der Waals surface area contributed by atoms with Crippen molar-refractivity contribution < 1.29 is 4.79 Å². The van der Waals surface area contributed by atoms with Crippen molar-refractivity contribution in [2.75, 3.05) is 19.6 Å². The molecule has 134 valence electrons. The Morgan fingerprint density at radius 1 is 1.12 bits per heavy atom. The van der Waals surface area contributed by atoms with Crippen molar-refractivity contribution in [3.63, 3.8) is 0 Å². The lowest BCUT2D eigenvalue weighted by molar-refractivity contribution is -0.123. The zero-order chi connectivity index (χ0) is 17.2. The van der Waals surface area contributed by atoms with Gasteiger partial charge < -0.3 is 10.3 Å². The van der Waals surface area contributed by atoms with Crippen LogP contribution in [0.5, 0.6) is 0 Å². The third-order valence-electron chi connectivity index (χ3n) is 5.63. The molecule has 0 radical (unpaired) electrons. The van der Waals surface area contributed by atoms with Crippen molar-refractivity contribution in [1.82, 2.24) is 19.8 Å². The molecule has 6 heteroatoms. The van der Waals surface area contributed by atoms with Crippen LogP contribution in [0.3, 0.4) is 0 Å². The lowest BCUT2D eigenvalue weighted by Crippen LogP contribution is -2.44. The molecule has 1 aliphatic heterocycles. The van der Waals surface area contributed by atoms with Gasteiger partial charge in [0.15, 0.2) is 0 Å². The summed E-state index contributed by atoms with van der Waals surface area (Å²) < 4.78 is 1.89. The Morgan fingerprint density at radius 3 is 2.60 bits per heavy atom. The minimum atomic E-state index is -0.0290. The van der Waals surface area contributed by atoms with Gasteiger partial charge in [-0.2, -0.15) is 0 Å². The molecule has 2 heterocycles. The maximum Gasteiger partial charge on any atom is 0.326 e. The van der Waals surface area contributed by atoms with Gasteiger partial charge in [0.1, 0.15) is 0 Å². The van der Waals surface area contributed by atoms with Crippen molar-refractivity contribution in [3.05, 3.63) is 34.7 Å². The van der Waals surface area contributed by atoms with Crippen LogP contribution in [0.1, 0.15) is 44.6 Å². The number of nitrogens with one attached hydrogen (secondary N) is 2. The molecule has 0 atom stereocenters. The Bertz CT molecular complexity index is 795. The highest BCUT2D eigenvalue weighted by Crippen LogP contribution is 2.24. The molecule has 2 aliphatic rings. The van der Waals surface area contributed by atoms with Gasteiger partial charge in [-0.25, -0.2) is 4.79 Å². The van der Waals surface area contributed by atoms with Crippen molar-refractivity contribution in [3.8, 4) is 0 Å². The smallest absolute Gasteiger partial charge is 0.326 e. The average Bonchev–Trinajstić information content (AvgIpc) is 3.22. The van der Waals surface area contributed by atoms with Crippen LogP contribution in [0.25, 0.3) is 11.0 Å². The highest BCUT2D eigenvalue weighted by Gasteiger charge is 2.25. The summed E-state index contributed by atoms with van der Waals surface area (Å²) in [5, 5.41) is 3.16. The van der Waals surface area contributed by atoms with Gasteiger partial charge in [-0.05, 0) is 37.8 Å². The molecule has 1 amide bonds. The molecule has 0 unspecified atom stereocenters. The zero-order valence-corrected chi connectivity index (χ0v) is 14.5. The van der Waals surface area contributed by atoms with E-state index in [4.69, 9.17) is 0 Å². The molecule has 2 fully saturated rings. The van der Waals surface area contributed by atoms with E-state index >= 15 is 0 Å². The van der Waals surface area contributed by atoms with E-state index in [1.165, 1.54) is 12.8 Å². The van der Waals surface area contributed by atoms with Gasteiger partial charge in [0.25, 0.3) is 0 Å². The van der Waals surface area contributed by atoms with E-state index in [-0.39, 0.29) is 17.6 Å². The van der Waals surface area contributed by atoms with E-state index < -0.39 is 0 Å². The summed E-state index contributed by atoms with van der Waals surface area (Å²) >= 11 is 0. The fourth-order valence-corrected chi connectivity index (χ4v) is 4.32. The number of fused-ring (bicyclic) bond motifs is 1. The Hall–Kier alpha value is -2.08. The maximum atomic E-state index is 12.3. The fourth-order valence-electron chi connectivity index (χ4n) is 4.32. The van der Waals surface area contributed by atoms with Gasteiger partial charge >= 0.3 is 5.69 Å². The second kappa shape index (κ2) is 7.04. The van der Waals surface area contributed by atoms with Crippen molar-refractivity contribution in [2.24, 2.45) is 0 Å². The standard InChI is InChI=1S/C19H26N4O2/c24-18(20-14-5-1-2-6-14)13-22-11-9-15(10-12-22)23-17-8-4-3-7-16(17)21-19(23)25/h3-4,7-8,14-15H,1-2,5-6,9-13H2,(H,20,24)(H,21,25). The Balaban J connectivity index is 1.35. The number of hydrogen-bond donors (Lipinski definition) is 2. The molecule has 2 aromatic rings. The summed E-state index contributed by atoms with van der Waals surface area (Å²) in [6.07, 6.45) is 6.51. The van der Waals surface area contributed by atoms with Crippen LogP contribution >= 0.6 is 0 Å². The summed E-state index contributed by atoms with van der Waals surface area (Å²) in [6.45, 7) is 2.19. The monoisotopic (exact) mass is 342 g/mol. The number of amides is 1. The Morgan fingerprint density at radius 2 is 1.84 bits per heavy atom. The summed E-state index contributed by atoms with van der Waals surface area (Å²) in [6, 6.07) is 8.43. The number of aromatic amines is 1. The van der Waals surface area contributed by atoms with Crippen LogP contribution in [0.2, 0.25) is 0 Å². The lowest BCUT2D eigenvalue weighted by Gasteiger charge is -2.32. The second-order valence-electron chi connectivity index (χ2n) is 7.37. The first-order valence-electron chi connectivity index (χ1n) is 9.41. The van der Waals surface area contributed by atoms with Gasteiger partial charge in [-0.15, -0.1) is 0 Å². The van der Waals surface area contributed by atoms with E-state index in [9.17, 15) is 9.59 Å². The fraction of sp³-hybridized carbons (Fsp3) is 0.579. The zero-order valence-electron chi connectivity index (χ0n) is 14.5. The van der Waals surface area contributed by atoms with Crippen molar-refractivity contribution >= 4 is 16.9 Å². The molecule has 1 saturated heterocycles. The van der Waals surface area contributed by atoms with Crippen LogP contribution in [0.15, 0.2) is 29.1 Å². The molecule has 1 aliphatic carbocycles. The van der Waals surface area contributed by atoms with Crippen LogP contribution in [0, 0.1) is 0 Å². The van der Waals surface area contributed by atoms with Gasteiger partial charge in [0.2, 0.25) is 5.91 Å². The number of aromatic nitrogens is 2. The van der Waals surface area contributed by atoms with Crippen LogP contribution < -0.4 is 11.0 Å². The molecule has 1 aromatic carbocycles. The minimum Gasteiger partial charge on any atom is -0.352 e. The summed E-state index contributed by atoms with van der Waals surface area (Å²) in [5.74, 6) is 0.148. The van der Waals surface area contributed by atoms with Gasteiger partial charge in [-0.1, -0.05) is 25.0 Å². The third kappa shape index (κ3) is 3.49. The maximum absolute atomic E-state index is 12.3. The number of hydrogen-bond acceptors (Lipinski definition) is 3. The predicted octanol–water partition coefficient (Wildman–Crippen LogP) is 2.03. The average molecular weight is 342 g/mol. The molecule has 0 bridgehead atoms. The number of carbonyl (C=O) groups excluding carboxylic acids is 1. The van der Waals surface area contributed by atoms with Crippen molar-refractivity contribution in [2.45, 2.75) is 50.6 Å². The molecule has 0 spiro atoms. The van der Waals surface area contributed by atoms with E-state index in [0.29, 0.717) is 12.6 Å². The molecular formula is C19H26N4O2. The number of rotatable bonds is 4. The quantitative estimate of drug-likeness (QED) is 0.893. The normalized spacial score (nSPS) is 20.3. The number of para-hydroxylation sites is 2. The number of benzene rings is 1. The van der Waals surface area contributed by atoms with E-state index in [1.54, 1.807) is 0 Å². The molecule has 1 saturated carbocycles. The first-order chi connectivity index (χ1) is 12.2. The van der Waals surface area contributed by atoms with Gasteiger partial charge in [-0.3, -0.25) is 14.3 Å². The molecule has 2 N–H and O–H groups in total. The highest BCUT2D eigenvalue weighted by molar-refractivity contribution is 5.78. The minimum absolute atomic E-state index is 0.0290. The number of carbonyl (C=O) groups is 1. The molecule has 6 nitrogen and oxygen atoms in total. The summed E-state index contributed by atoms with van der Waals surface area (Å²) in [4.78, 5) is 29.7. The number of likely N-dealkylation sites (tertiary alicyclic amines) is 1. The summed E-state index contributed by atoms with van der Waals surface area (Å²) in [5.41, 5.74) is 1.84. The van der Waals surface area contributed by atoms with Crippen LogP contribution in [-0.4, -0.2) is 46.0 Å². The Kier molecular flexibility index (Phi) is 4.61. The largest absolute Gasteiger partial charge is 0.352 e. The molecular weight excluding hydrogens is 316 g/mol. The van der Waals surface area contributed by atoms with E-state index in [2.05, 4.69) is 15.2 Å². The summed E-state index contributed by atoms with van der Waals surface area (Å²) in [7, 11) is 0. The molecule has 1 aromatic heterocycles. The van der Waals surface area contributed by atoms with Crippen LogP contribution in [-0.2, 0) is 4.79 Å². The number of H-pyrrole nitrogens is 1. The predicted molar refractivity (Wildman–Crippen MR) is 97.7 cm³/mol. The number of piperidine rings is 1. The molecule has 25 heavy (non-hydrogen) atoms. The van der Waals surface area contributed by atoms with Gasteiger partial charge in [0.05, 0.1) is 17.6 Å². The topological polar surface area (TPSA) is 70.1 Å². The first-order valence-corrected chi connectivity index (χ1v) is 9.41. The second-order valence-corrected chi connectivity index (χ2v) is 7.37. The Labute approximate surface area is 147 Å². The van der Waals surface area contributed by atoms with Crippen LogP contribution in [0.4, 0.5) is 0 Å². The molecule has 4 rings (SSSR count). The van der Waals surface area contributed by atoms with E-state index in [1.807, 2.05) is 28.8 Å². The highest BCUT2D eigenvalue weighted by atomic mass is 16.2. The van der Waals surface area contributed by atoms with Crippen molar-refractivity contribution in [1.29, 1.82) is 0 Å². The lowest BCUT2D eigenvalue weighted by atomic mass is 10.0. The SMILES string of the molecule is O=C(CN1CCC(n2c(=O)[nH]c3ccccc32)CC1)NC1CCCC1. The number of nitrogens with zero attached hydrogens (tertiary/aromatic N) is 2. The number of imidazole rings is 1. The first kappa shape index (κ1) is 16.4. The third-order valence-corrected chi connectivity index (χ3v) is 5.63. The van der Waals surface area contributed by atoms with E-state index in [0.717, 1.165) is 49.8 Å². The van der Waals surface area contributed by atoms with Gasteiger partial charge in [0, 0.05) is 25.2 Å².